The van der Waals surface area contributed by atoms with Crippen LogP contribution in [0.2, 0.25) is 0 Å². The maximum atomic E-state index is 6.79. The summed E-state index contributed by atoms with van der Waals surface area (Å²) < 4.78 is 9.33. The quantitative estimate of drug-likeness (QED) is 0.166. The molecule has 3 heteroatoms. The Balaban J connectivity index is 1.16. The second-order valence-corrected chi connectivity index (χ2v) is 17.4. The van der Waals surface area contributed by atoms with Crippen LogP contribution in [0.4, 0.5) is 17.1 Å². The molecule has 2 aromatic heterocycles. The van der Waals surface area contributed by atoms with E-state index in [4.69, 9.17) is 4.42 Å². The minimum atomic E-state index is -0.541. The fourth-order valence-corrected chi connectivity index (χ4v) is 11.8. The van der Waals surface area contributed by atoms with Crippen LogP contribution in [0.15, 0.2) is 229 Å². The van der Waals surface area contributed by atoms with Gasteiger partial charge in [0.05, 0.1) is 22.5 Å². The van der Waals surface area contributed by atoms with E-state index in [9.17, 15) is 0 Å². The van der Waals surface area contributed by atoms with Gasteiger partial charge in [-0.1, -0.05) is 182 Å². The molecule has 0 radical (unpaired) electrons. The van der Waals surface area contributed by atoms with Gasteiger partial charge in [-0.25, -0.2) is 0 Å². The first-order valence-electron chi connectivity index (χ1n) is 21.3. The fourth-order valence-electron chi connectivity index (χ4n) is 10.7. The van der Waals surface area contributed by atoms with Gasteiger partial charge in [-0.2, -0.15) is 0 Å². The van der Waals surface area contributed by atoms with Gasteiger partial charge < -0.3 is 9.32 Å². The first-order chi connectivity index (χ1) is 30.8. The molecule has 0 saturated heterocycles. The van der Waals surface area contributed by atoms with Crippen LogP contribution in [-0.4, -0.2) is 0 Å². The number of hydrogen-bond acceptors (Lipinski definition) is 3. The van der Waals surface area contributed by atoms with Crippen LogP contribution in [0.25, 0.3) is 75.1 Å². The van der Waals surface area contributed by atoms with E-state index in [1.807, 2.05) is 11.3 Å². The summed E-state index contributed by atoms with van der Waals surface area (Å²) in [6, 6.07) is 82.4. The Bertz CT molecular complexity index is 3670. The highest BCUT2D eigenvalue weighted by Crippen LogP contribution is 2.60. The lowest BCUT2D eigenvalue weighted by Crippen LogP contribution is -2.28. The molecule has 62 heavy (non-hydrogen) atoms. The van der Waals surface area contributed by atoms with E-state index in [1.54, 1.807) is 0 Å². The molecule has 0 unspecified atom stereocenters. The van der Waals surface area contributed by atoms with Gasteiger partial charge in [0.15, 0.2) is 0 Å². The number of hydrogen-bond donors (Lipinski definition) is 0. The fraction of sp³-hybridized carbons (Fsp3) is 0.0169. The van der Waals surface area contributed by atoms with Crippen molar-refractivity contribution in [2.24, 2.45) is 0 Å². The molecule has 1 aliphatic carbocycles. The minimum absolute atomic E-state index is 0.541. The first kappa shape index (κ1) is 35.1. The van der Waals surface area contributed by atoms with Crippen molar-refractivity contribution < 1.29 is 4.42 Å². The standard InChI is InChI=1S/C59H37NOS/c1-3-19-39(20-4-1)59(40-21-5-2-6-22-40)47-28-12-9-25-44(47)56-48(59)29-16-31-50(56)60(51-32-17-35-54-57(51)45-26-11-14-34-53(45)62-54)49-30-13-10-24-42(49)43-27-15-33-52-55(43)46-37-36-38-18-7-8-23-41(38)58(46)61-52/h1-37H. The predicted molar refractivity (Wildman–Crippen MR) is 262 cm³/mol. The number of benzene rings is 10. The number of nitrogens with zero attached hydrogens (tertiary/aromatic N) is 1. The summed E-state index contributed by atoms with van der Waals surface area (Å²) >= 11 is 1.86. The third-order valence-corrected chi connectivity index (χ3v) is 14.3. The molecule has 0 aliphatic heterocycles. The zero-order valence-electron chi connectivity index (χ0n) is 33.6. The van der Waals surface area contributed by atoms with Crippen molar-refractivity contribution in [2.75, 3.05) is 4.90 Å². The molecular formula is C59H37NOS. The molecule has 2 nitrogen and oxygen atoms in total. The minimum Gasteiger partial charge on any atom is -0.455 e. The van der Waals surface area contributed by atoms with Gasteiger partial charge in [-0.15, -0.1) is 11.3 Å². The Morgan fingerprint density at radius 1 is 0.371 bits per heavy atom. The van der Waals surface area contributed by atoms with Crippen molar-refractivity contribution in [3.63, 3.8) is 0 Å². The van der Waals surface area contributed by atoms with E-state index in [0.29, 0.717) is 0 Å². The van der Waals surface area contributed by atoms with Crippen LogP contribution in [-0.2, 0) is 5.41 Å². The molecule has 290 valence electrons. The van der Waals surface area contributed by atoms with Crippen LogP contribution in [0.1, 0.15) is 22.3 Å². The van der Waals surface area contributed by atoms with Gasteiger partial charge >= 0.3 is 0 Å². The number of anilines is 3. The molecule has 0 amide bonds. The number of para-hydroxylation sites is 1. The van der Waals surface area contributed by atoms with Crippen molar-refractivity contribution in [1.82, 2.24) is 0 Å². The van der Waals surface area contributed by atoms with Crippen LogP contribution < -0.4 is 4.90 Å². The van der Waals surface area contributed by atoms with Crippen molar-refractivity contribution >= 4 is 81.3 Å². The monoisotopic (exact) mass is 807 g/mol. The highest BCUT2D eigenvalue weighted by atomic mass is 32.1. The van der Waals surface area contributed by atoms with E-state index in [0.717, 1.165) is 55.5 Å². The van der Waals surface area contributed by atoms with Crippen molar-refractivity contribution in [3.05, 3.63) is 247 Å². The van der Waals surface area contributed by atoms with E-state index in [1.165, 1.54) is 58.9 Å². The molecule has 0 fully saturated rings. The van der Waals surface area contributed by atoms with Gasteiger partial charge in [0.2, 0.25) is 0 Å². The first-order valence-corrected chi connectivity index (χ1v) is 22.1. The van der Waals surface area contributed by atoms with Crippen LogP contribution in [0.5, 0.6) is 0 Å². The summed E-state index contributed by atoms with van der Waals surface area (Å²) in [5.41, 5.74) is 14.4. The largest absolute Gasteiger partial charge is 0.455 e. The maximum absolute atomic E-state index is 6.79. The molecule has 10 aromatic carbocycles. The van der Waals surface area contributed by atoms with E-state index < -0.39 is 5.41 Å². The number of furan rings is 1. The Labute approximate surface area is 363 Å². The number of rotatable bonds is 6. The van der Waals surface area contributed by atoms with Gasteiger partial charge in [-0.05, 0) is 81.2 Å². The maximum Gasteiger partial charge on any atom is 0.143 e. The molecule has 12 aromatic rings. The lowest BCUT2D eigenvalue weighted by atomic mass is 9.68. The molecule has 0 bridgehead atoms. The summed E-state index contributed by atoms with van der Waals surface area (Å²) in [5, 5.41) is 7.04. The summed E-state index contributed by atoms with van der Waals surface area (Å²) in [6.45, 7) is 0. The zero-order chi connectivity index (χ0) is 40.8. The SMILES string of the molecule is c1ccc(C2(c3ccccc3)c3ccccc3-c3c(N(c4ccccc4-c4cccc5oc6c7ccccc7ccc6c45)c4cccc5sc6ccccc6c45)cccc32)cc1. The molecule has 13 rings (SSSR count). The zero-order valence-corrected chi connectivity index (χ0v) is 34.4. The van der Waals surface area contributed by atoms with E-state index in [-0.39, 0.29) is 0 Å². The molecule has 0 spiro atoms. The Morgan fingerprint density at radius 2 is 0.968 bits per heavy atom. The average molecular weight is 808 g/mol. The smallest absolute Gasteiger partial charge is 0.143 e. The van der Waals surface area contributed by atoms with Crippen molar-refractivity contribution in [3.8, 4) is 22.3 Å². The average Bonchev–Trinajstić information content (AvgIpc) is 4.02. The highest BCUT2D eigenvalue weighted by molar-refractivity contribution is 7.26. The third-order valence-electron chi connectivity index (χ3n) is 13.1. The third kappa shape index (κ3) is 4.91. The van der Waals surface area contributed by atoms with Crippen molar-refractivity contribution in [2.45, 2.75) is 5.41 Å². The summed E-state index contributed by atoms with van der Waals surface area (Å²) in [7, 11) is 0. The predicted octanol–water partition coefficient (Wildman–Crippen LogP) is 16.6. The normalized spacial score (nSPS) is 13.0. The van der Waals surface area contributed by atoms with E-state index >= 15 is 0 Å². The Hall–Kier alpha value is -7.72. The Morgan fingerprint density at radius 3 is 1.81 bits per heavy atom. The second kappa shape index (κ2) is 13.7. The van der Waals surface area contributed by atoms with Gasteiger partial charge in [-0.3, -0.25) is 0 Å². The highest BCUT2D eigenvalue weighted by Gasteiger charge is 2.47. The van der Waals surface area contributed by atoms with Crippen LogP contribution in [0.3, 0.4) is 0 Å². The Kier molecular flexibility index (Phi) is 7.72. The number of thiophene rings is 1. The van der Waals surface area contributed by atoms with Crippen LogP contribution in [0, 0.1) is 0 Å². The van der Waals surface area contributed by atoms with Crippen molar-refractivity contribution in [1.29, 1.82) is 0 Å². The lowest BCUT2D eigenvalue weighted by molar-refractivity contribution is 0.673. The molecule has 0 atom stereocenters. The molecule has 0 saturated carbocycles. The molecule has 1 aliphatic rings. The van der Waals surface area contributed by atoms with E-state index in [2.05, 4.69) is 229 Å². The van der Waals surface area contributed by atoms with Gasteiger partial charge in [0, 0.05) is 47.5 Å². The molecule has 0 N–H and O–H groups in total. The molecule has 2 heterocycles. The van der Waals surface area contributed by atoms with Gasteiger partial charge in [0.25, 0.3) is 0 Å². The van der Waals surface area contributed by atoms with Crippen LogP contribution >= 0.6 is 11.3 Å². The molecular weight excluding hydrogens is 771 g/mol. The lowest BCUT2D eigenvalue weighted by Gasteiger charge is -2.34. The summed E-state index contributed by atoms with van der Waals surface area (Å²) in [5.74, 6) is 0. The second-order valence-electron chi connectivity index (χ2n) is 16.3. The number of fused-ring (bicyclic) bond motifs is 11. The topological polar surface area (TPSA) is 16.4 Å². The summed E-state index contributed by atoms with van der Waals surface area (Å²) in [4.78, 5) is 2.56. The summed E-state index contributed by atoms with van der Waals surface area (Å²) in [6.07, 6.45) is 0. The van der Waals surface area contributed by atoms with Gasteiger partial charge in [0.1, 0.15) is 11.2 Å².